The normalized spacial score (nSPS) is 17.4. The molecule has 0 rings (SSSR count). The molecule has 0 aliphatic carbocycles. The van der Waals surface area contributed by atoms with Crippen molar-refractivity contribution in [2.45, 2.75) is 77.3 Å². The summed E-state index contributed by atoms with van der Waals surface area (Å²) in [6, 6.07) is 1.46. The number of hydrogen-bond acceptors (Lipinski definition) is 9. The largest absolute Gasteiger partial charge is 0.416 e. The van der Waals surface area contributed by atoms with E-state index < -0.39 is 42.8 Å². The van der Waals surface area contributed by atoms with Crippen molar-refractivity contribution in [1.82, 2.24) is 5.32 Å². The molecule has 0 radical (unpaired) electrons. The van der Waals surface area contributed by atoms with Gasteiger partial charge in [-0.05, 0) is 83.9 Å². The Morgan fingerprint density at radius 3 is 1.71 bits per heavy atom. The summed E-state index contributed by atoms with van der Waals surface area (Å²) in [4.78, 5) is 20.8. The first-order chi connectivity index (χ1) is 13.9. The van der Waals surface area contributed by atoms with E-state index in [0.29, 0.717) is 19.2 Å². The van der Waals surface area contributed by atoms with E-state index in [-0.39, 0.29) is 0 Å². The minimum absolute atomic E-state index is 0.597. The Labute approximate surface area is 195 Å². The molecule has 0 unspecified atom stereocenters. The van der Waals surface area contributed by atoms with Gasteiger partial charge in [-0.3, -0.25) is 0 Å². The molecular weight excluding hydrogens is 485 g/mol. The number of methoxy groups -OCH3 is 1. The zero-order valence-electron chi connectivity index (χ0n) is 21.2. The Morgan fingerprint density at radius 1 is 0.710 bits per heavy atom. The first kappa shape index (κ1) is 31.7. The van der Waals surface area contributed by atoms with Gasteiger partial charge in [0.05, 0.1) is 0 Å². The maximum absolute atomic E-state index is 10.5. The predicted octanol–water partition coefficient (Wildman–Crippen LogP) is 2.26. The van der Waals surface area contributed by atoms with Crippen molar-refractivity contribution < 1.29 is 30.8 Å². The second-order valence-corrected chi connectivity index (χ2v) is 27.1. The molecule has 188 valence electrons. The Hall–Kier alpha value is 0.724. The van der Waals surface area contributed by atoms with Crippen molar-refractivity contribution in [3.8, 4) is 0 Å². The van der Waals surface area contributed by atoms with Crippen molar-refractivity contribution >= 4 is 42.8 Å². The fourth-order valence-corrected chi connectivity index (χ4v) is 25.4. The molecular formula is C17H48N2O7Si5. The average molecular weight is 533 g/mol. The highest BCUT2D eigenvalue weighted by Gasteiger charge is 2.49. The fourth-order valence-electron chi connectivity index (χ4n) is 3.67. The summed E-state index contributed by atoms with van der Waals surface area (Å²) in [5.74, 6) is 0. The second kappa shape index (κ2) is 13.6. The lowest BCUT2D eigenvalue weighted by molar-refractivity contribution is 0.194. The number of nitrogens with two attached hydrogens (primary N) is 1. The fraction of sp³-hybridized carbons (Fsp3) is 1.00. The molecule has 5 N–H and O–H groups in total. The SMILES string of the molecule is COCCC[Si@@](C)(O[Si](C)(C)O)O[Si@](C)(CCCNCCN)O[Si](C)(C)O[Si](C)(C)O. The van der Waals surface area contributed by atoms with Gasteiger partial charge in [0.15, 0.2) is 0 Å². The molecule has 0 spiro atoms. The lowest BCUT2D eigenvalue weighted by Gasteiger charge is -2.43. The molecule has 9 nitrogen and oxygen atoms in total. The van der Waals surface area contributed by atoms with Crippen LogP contribution in [0.4, 0.5) is 0 Å². The van der Waals surface area contributed by atoms with Crippen LogP contribution >= 0.6 is 0 Å². The summed E-state index contributed by atoms with van der Waals surface area (Å²) >= 11 is 0. The average Bonchev–Trinajstić information content (AvgIpc) is 2.49. The maximum Gasteiger partial charge on any atom is 0.320 e. The van der Waals surface area contributed by atoms with E-state index in [1.165, 1.54) is 0 Å². The molecule has 0 saturated carbocycles. The van der Waals surface area contributed by atoms with Crippen LogP contribution in [0.2, 0.25) is 64.5 Å². The number of rotatable bonds is 18. The van der Waals surface area contributed by atoms with Crippen LogP contribution in [0.25, 0.3) is 0 Å². The van der Waals surface area contributed by atoms with E-state index in [9.17, 15) is 9.59 Å². The third-order valence-corrected chi connectivity index (χ3v) is 21.5. The van der Waals surface area contributed by atoms with Crippen LogP contribution in [0, 0.1) is 0 Å². The van der Waals surface area contributed by atoms with Gasteiger partial charge in [0.1, 0.15) is 0 Å². The molecule has 0 aromatic rings. The minimum atomic E-state index is -2.82. The van der Waals surface area contributed by atoms with Crippen LogP contribution in [-0.2, 0) is 21.2 Å². The van der Waals surface area contributed by atoms with Crippen LogP contribution < -0.4 is 11.1 Å². The highest BCUT2D eigenvalue weighted by Crippen LogP contribution is 2.31. The van der Waals surface area contributed by atoms with E-state index >= 15 is 0 Å². The summed E-state index contributed by atoms with van der Waals surface area (Å²) < 4.78 is 30.9. The summed E-state index contributed by atoms with van der Waals surface area (Å²) in [6.07, 6.45) is 1.66. The van der Waals surface area contributed by atoms with Gasteiger partial charge in [-0.15, -0.1) is 0 Å². The molecule has 31 heavy (non-hydrogen) atoms. The molecule has 0 fully saturated rings. The van der Waals surface area contributed by atoms with E-state index in [2.05, 4.69) is 11.9 Å². The van der Waals surface area contributed by atoms with Gasteiger partial charge >= 0.3 is 42.8 Å². The van der Waals surface area contributed by atoms with Crippen molar-refractivity contribution in [2.75, 3.05) is 33.4 Å². The summed E-state index contributed by atoms with van der Waals surface area (Å²) in [7, 11) is -12.0. The van der Waals surface area contributed by atoms with Crippen LogP contribution in [-0.4, -0.2) is 85.7 Å². The third kappa shape index (κ3) is 16.9. The first-order valence-corrected chi connectivity index (χ1v) is 24.7. The molecule has 14 heteroatoms. The van der Waals surface area contributed by atoms with Gasteiger partial charge in [-0.25, -0.2) is 0 Å². The van der Waals surface area contributed by atoms with Gasteiger partial charge in [0.2, 0.25) is 0 Å². The molecule has 0 amide bonds. The van der Waals surface area contributed by atoms with Gasteiger partial charge in [-0.2, -0.15) is 0 Å². The van der Waals surface area contributed by atoms with E-state index in [0.717, 1.165) is 32.0 Å². The smallest absolute Gasteiger partial charge is 0.320 e. The zero-order valence-corrected chi connectivity index (χ0v) is 26.2. The molecule has 0 aromatic heterocycles. The van der Waals surface area contributed by atoms with E-state index in [1.54, 1.807) is 33.3 Å². The highest BCUT2D eigenvalue weighted by atomic mass is 28.5. The van der Waals surface area contributed by atoms with Crippen molar-refractivity contribution in [1.29, 1.82) is 0 Å². The number of nitrogens with one attached hydrogen (secondary N) is 1. The lowest BCUT2D eigenvalue weighted by atomic mass is 10.5. The Balaban J connectivity index is 5.61. The van der Waals surface area contributed by atoms with Gasteiger partial charge in [-0.1, -0.05) is 0 Å². The quantitative estimate of drug-likeness (QED) is 0.155. The van der Waals surface area contributed by atoms with Crippen LogP contribution in [0.1, 0.15) is 12.8 Å². The third-order valence-electron chi connectivity index (χ3n) is 4.14. The molecule has 0 aliphatic rings. The Bertz CT molecular complexity index is 508. The van der Waals surface area contributed by atoms with Gasteiger partial charge in [0, 0.05) is 26.8 Å². The molecule has 0 heterocycles. The summed E-state index contributed by atoms with van der Waals surface area (Å²) in [6.45, 7) is 17.8. The number of hydrogen-bond donors (Lipinski definition) is 4. The van der Waals surface area contributed by atoms with Crippen LogP contribution in [0.5, 0.6) is 0 Å². The highest BCUT2D eigenvalue weighted by molar-refractivity contribution is 6.89. The molecule has 0 bridgehead atoms. The Morgan fingerprint density at radius 2 is 1.23 bits per heavy atom. The lowest BCUT2D eigenvalue weighted by Crippen LogP contribution is -2.61. The molecule has 2 atom stereocenters. The zero-order chi connectivity index (χ0) is 24.4. The van der Waals surface area contributed by atoms with Gasteiger partial charge < -0.3 is 41.8 Å². The minimum Gasteiger partial charge on any atom is -0.416 e. The topological polar surface area (TPSA) is 125 Å². The number of ether oxygens (including phenoxy) is 1. The van der Waals surface area contributed by atoms with Gasteiger partial charge in [0.25, 0.3) is 0 Å². The predicted molar refractivity (Wildman–Crippen MR) is 137 cm³/mol. The van der Waals surface area contributed by atoms with Crippen LogP contribution in [0.3, 0.4) is 0 Å². The maximum atomic E-state index is 10.5. The van der Waals surface area contributed by atoms with E-state index in [1.807, 2.05) is 19.6 Å². The second-order valence-electron chi connectivity index (χ2n) is 9.71. The molecule has 0 aromatic carbocycles. The Kier molecular flexibility index (Phi) is 13.9. The standard InChI is InChI=1S/C17H48N2O7Si5/c1-22-15-11-17-30(8,24-28(4,5)21)26-31(9,16-10-13-19-14-12-18)25-29(6,7)23-27(2,3)20/h19-21H,10-18H2,1-9H3/t30-,31+/m0/s1. The van der Waals surface area contributed by atoms with Crippen molar-refractivity contribution in [2.24, 2.45) is 5.73 Å². The van der Waals surface area contributed by atoms with Crippen molar-refractivity contribution in [3.05, 3.63) is 0 Å². The summed E-state index contributed by atoms with van der Waals surface area (Å²) in [5.41, 5.74) is 5.56. The molecule has 0 aliphatic heterocycles. The first-order valence-electron chi connectivity index (χ1n) is 11.1. The monoisotopic (exact) mass is 532 g/mol. The van der Waals surface area contributed by atoms with E-state index in [4.69, 9.17) is 26.9 Å². The van der Waals surface area contributed by atoms with Crippen molar-refractivity contribution in [3.63, 3.8) is 0 Å². The molecule has 0 saturated heterocycles. The summed E-state index contributed by atoms with van der Waals surface area (Å²) in [5, 5.41) is 3.32. The van der Waals surface area contributed by atoms with Crippen LogP contribution in [0.15, 0.2) is 0 Å².